The lowest BCUT2D eigenvalue weighted by molar-refractivity contribution is -0.133. The molecule has 4 nitrogen and oxygen atoms in total. The fourth-order valence-electron chi connectivity index (χ4n) is 0.950. The number of likely N-dealkylation sites (N-methyl/N-ethyl adjacent to an activating group) is 1. The zero-order valence-corrected chi connectivity index (χ0v) is 11.0. The molecule has 0 aromatic rings. The van der Waals surface area contributed by atoms with Gasteiger partial charge in [-0.1, -0.05) is 6.92 Å². The van der Waals surface area contributed by atoms with Crippen LogP contribution in [0.1, 0.15) is 13.3 Å². The van der Waals surface area contributed by atoms with Crippen molar-refractivity contribution in [3.8, 4) is 0 Å². The van der Waals surface area contributed by atoms with Gasteiger partial charge >= 0.3 is 0 Å². The Kier molecular flexibility index (Phi) is 6.84. The molecule has 2 atom stereocenters. The quantitative estimate of drug-likeness (QED) is 0.611. The Labute approximate surface area is 102 Å². The summed E-state index contributed by atoms with van der Waals surface area (Å²) in [5.41, 5.74) is 0. The van der Waals surface area contributed by atoms with E-state index in [-0.39, 0.29) is 22.8 Å². The van der Waals surface area contributed by atoms with Crippen molar-refractivity contribution in [2.24, 2.45) is 0 Å². The zero-order valence-electron chi connectivity index (χ0n) is 9.23. The summed E-state index contributed by atoms with van der Waals surface area (Å²) in [7, 11) is 3.28. The number of carbonyl (C=O) groups is 2. The summed E-state index contributed by atoms with van der Waals surface area (Å²) < 4.78 is 0. The van der Waals surface area contributed by atoms with Crippen molar-refractivity contribution in [3.63, 3.8) is 0 Å². The lowest BCUT2D eigenvalue weighted by atomic mass is 10.2. The van der Waals surface area contributed by atoms with Crippen LogP contribution in [0.25, 0.3) is 0 Å². The number of carbonyl (C=O) groups excluding carboxylic acids is 2. The van der Waals surface area contributed by atoms with E-state index in [1.165, 1.54) is 4.90 Å². The molecule has 1 N–H and O–H groups in total. The smallest absolute Gasteiger partial charge is 0.245 e. The molecule has 0 aliphatic rings. The summed E-state index contributed by atoms with van der Waals surface area (Å²) >= 11 is 8.13. The maximum atomic E-state index is 11.6. The van der Waals surface area contributed by atoms with Gasteiger partial charge in [0.1, 0.15) is 6.04 Å². The highest BCUT2D eigenvalue weighted by Gasteiger charge is 2.22. The molecule has 88 valence electrons. The van der Waals surface area contributed by atoms with E-state index in [0.29, 0.717) is 6.42 Å². The van der Waals surface area contributed by atoms with Gasteiger partial charge in [-0.15, -0.1) is 0 Å². The standard InChI is InChI=1S/C9H18N2O2S2/c1-4-7(15)8(12)10-6(5-14)9(13)11(2)3/h6-7,14-15H,4-5H2,1-3H3,(H,10,12). The van der Waals surface area contributed by atoms with Crippen LogP contribution in [0.5, 0.6) is 0 Å². The van der Waals surface area contributed by atoms with E-state index in [9.17, 15) is 9.59 Å². The second kappa shape index (κ2) is 7.00. The summed E-state index contributed by atoms with van der Waals surface area (Å²) in [4.78, 5) is 24.5. The summed E-state index contributed by atoms with van der Waals surface area (Å²) in [6.45, 7) is 1.86. The third kappa shape index (κ3) is 4.79. The Balaban J connectivity index is 4.34. The summed E-state index contributed by atoms with van der Waals surface area (Å²) in [5, 5.41) is 2.24. The largest absolute Gasteiger partial charge is 0.347 e. The van der Waals surface area contributed by atoms with E-state index >= 15 is 0 Å². The van der Waals surface area contributed by atoms with Crippen molar-refractivity contribution in [1.29, 1.82) is 0 Å². The summed E-state index contributed by atoms with van der Waals surface area (Å²) in [6.07, 6.45) is 0.629. The Morgan fingerprint density at radius 2 is 1.93 bits per heavy atom. The second-order valence-corrected chi connectivity index (χ2v) is 4.39. The predicted octanol–water partition coefficient (Wildman–Crippen LogP) is 0.198. The molecule has 0 aliphatic heterocycles. The van der Waals surface area contributed by atoms with E-state index in [1.807, 2.05) is 6.92 Å². The number of hydrogen-bond donors (Lipinski definition) is 3. The van der Waals surface area contributed by atoms with Crippen LogP contribution in [0.3, 0.4) is 0 Å². The van der Waals surface area contributed by atoms with Crippen LogP contribution >= 0.6 is 25.3 Å². The number of nitrogens with zero attached hydrogens (tertiary/aromatic N) is 1. The Morgan fingerprint density at radius 3 is 2.27 bits per heavy atom. The molecule has 2 amide bonds. The van der Waals surface area contributed by atoms with Crippen molar-refractivity contribution in [3.05, 3.63) is 0 Å². The molecule has 0 fully saturated rings. The van der Waals surface area contributed by atoms with Gasteiger partial charge in [-0.2, -0.15) is 25.3 Å². The first kappa shape index (κ1) is 14.6. The zero-order chi connectivity index (χ0) is 12.0. The fraction of sp³-hybridized carbons (Fsp3) is 0.778. The molecule has 0 aliphatic carbocycles. The van der Waals surface area contributed by atoms with Gasteiger partial charge in [0.15, 0.2) is 0 Å². The molecule has 0 saturated carbocycles. The number of thiol groups is 2. The normalized spacial score (nSPS) is 14.2. The molecular formula is C9H18N2O2S2. The van der Waals surface area contributed by atoms with Gasteiger partial charge in [-0.05, 0) is 6.42 Å². The monoisotopic (exact) mass is 250 g/mol. The first-order chi connectivity index (χ1) is 6.93. The SMILES string of the molecule is CCC(S)C(=O)NC(CS)C(=O)N(C)C. The fourth-order valence-corrected chi connectivity index (χ4v) is 1.27. The van der Waals surface area contributed by atoms with E-state index in [4.69, 9.17) is 0 Å². The highest BCUT2D eigenvalue weighted by atomic mass is 32.1. The van der Waals surface area contributed by atoms with Gasteiger partial charge in [-0.3, -0.25) is 9.59 Å². The number of nitrogens with one attached hydrogen (secondary N) is 1. The summed E-state index contributed by atoms with van der Waals surface area (Å²) in [6, 6.07) is -0.572. The lowest BCUT2D eigenvalue weighted by Crippen LogP contribution is -2.49. The molecule has 0 rings (SSSR count). The van der Waals surface area contributed by atoms with Gasteiger partial charge < -0.3 is 10.2 Å². The maximum absolute atomic E-state index is 11.6. The Morgan fingerprint density at radius 1 is 1.40 bits per heavy atom. The average molecular weight is 250 g/mol. The maximum Gasteiger partial charge on any atom is 0.245 e. The first-order valence-corrected chi connectivity index (χ1v) is 5.89. The third-order valence-corrected chi connectivity index (χ3v) is 2.89. The van der Waals surface area contributed by atoms with Crippen molar-refractivity contribution in [1.82, 2.24) is 10.2 Å². The Hall–Kier alpha value is -0.360. The molecule has 0 bridgehead atoms. The van der Waals surface area contributed by atoms with Crippen molar-refractivity contribution in [2.45, 2.75) is 24.6 Å². The van der Waals surface area contributed by atoms with Gasteiger partial charge in [0.05, 0.1) is 5.25 Å². The van der Waals surface area contributed by atoms with Crippen molar-refractivity contribution in [2.75, 3.05) is 19.8 Å². The van der Waals surface area contributed by atoms with Crippen LogP contribution in [0.4, 0.5) is 0 Å². The Bertz CT molecular complexity index is 234. The topological polar surface area (TPSA) is 49.4 Å². The molecule has 0 heterocycles. The molecule has 2 unspecified atom stereocenters. The van der Waals surface area contributed by atoms with E-state index in [0.717, 1.165) is 0 Å². The second-order valence-electron chi connectivity index (χ2n) is 3.40. The average Bonchev–Trinajstić information content (AvgIpc) is 2.22. The number of hydrogen-bond acceptors (Lipinski definition) is 4. The third-order valence-electron chi connectivity index (χ3n) is 1.93. The van der Waals surface area contributed by atoms with Crippen molar-refractivity contribution >= 4 is 37.1 Å². The van der Waals surface area contributed by atoms with Crippen LogP contribution in [0, 0.1) is 0 Å². The van der Waals surface area contributed by atoms with Crippen molar-refractivity contribution < 1.29 is 9.59 Å². The molecule has 0 radical (unpaired) electrons. The molecule has 0 aromatic carbocycles. The van der Waals surface area contributed by atoms with Crippen LogP contribution in [0.15, 0.2) is 0 Å². The number of rotatable bonds is 5. The minimum Gasteiger partial charge on any atom is -0.347 e. The highest BCUT2D eigenvalue weighted by Crippen LogP contribution is 2.02. The van der Waals surface area contributed by atoms with Crippen LogP contribution in [0.2, 0.25) is 0 Å². The van der Waals surface area contributed by atoms with Gasteiger partial charge in [0.25, 0.3) is 0 Å². The van der Waals surface area contributed by atoms with Crippen LogP contribution < -0.4 is 5.32 Å². The molecule has 0 spiro atoms. The highest BCUT2D eigenvalue weighted by molar-refractivity contribution is 7.81. The molecule has 0 saturated heterocycles. The minimum atomic E-state index is -0.572. The molecule has 15 heavy (non-hydrogen) atoms. The number of amides is 2. The van der Waals surface area contributed by atoms with Crippen LogP contribution in [-0.4, -0.2) is 47.9 Å². The first-order valence-electron chi connectivity index (χ1n) is 4.74. The molecular weight excluding hydrogens is 232 g/mol. The minimum absolute atomic E-state index is 0.157. The van der Waals surface area contributed by atoms with Gasteiger partial charge in [-0.25, -0.2) is 0 Å². The van der Waals surface area contributed by atoms with Gasteiger partial charge in [0.2, 0.25) is 11.8 Å². The lowest BCUT2D eigenvalue weighted by Gasteiger charge is -2.21. The molecule has 6 heteroatoms. The van der Waals surface area contributed by atoms with E-state index in [1.54, 1.807) is 14.1 Å². The summed E-state index contributed by atoms with van der Waals surface area (Å²) in [5.74, 6) is -0.0995. The molecule has 0 aromatic heterocycles. The predicted molar refractivity (Wildman–Crippen MR) is 67.5 cm³/mol. The van der Waals surface area contributed by atoms with E-state index < -0.39 is 6.04 Å². The van der Waals surface area contributed by atoms with E-state index in [2.05, 4.69) is 30.6 Å². The van der Waals surface area contributed by atoms with Gasteiger partial charge in [0, 0.05) is 19.8 Å². The van der Waals surface area contributed by atoms with Crippen LogP contribution in [-0.2, 0) is 9.59 Å².